The molecule has 1 aromatic carbocycles. The van der Waals surface area contributed by atoms with E-state index in [1.165, 1.54) is 6.07 Å². The van der Waals surface area contributed by atoms with E-state index in [9.17, 15) is 13.2 Å². The van der Waals surface area contributed by atoms with Gasteiger partial charge in [0, 0.05) is 0 Å². The fraction of sp³-hybridized carbons (Fsp3) is 0.111. The number of tetrazole rings is 1. The normalized spacial score (nSPS) is 11.0. The Hall–Kier alpha value is -2.49. The predicted molar refractivity (Wildman–Crippen MR) is 67.0 cm³/mol. The van der Waals surface area contributed by atoms with Crippen molar-refractivity contribution < 1.29 is 13.2 Å². The quantitative estimate of drug-likeness (QED) is 0.713. The van der Waals surface area contributed by atoms with Crippen molar-refractivity contribution in [3.05, 3.63) is 30.1 Å². The Bertz CT molecular complexity index is 682. The summed E-state index contributed by atoms with van der Waals surface area (Å²) in [7, 11) is -3.44. The van der Waals surface area contributed by atoms with Crippen molar-refractivity contribution in [1.29, 1.82) is 0 Å². The highest BCUT2D eigenvalue weighted by atomic mass is 32.2. The van der Waals surface area contributed by atoms with E-state index in [4.69, 9.17) is 0 Å². The number of anilines is 2. The van der Waals surface area contributed by atoms with Gasteiger partial charge in [0.15, 0.2) is 0 Å². The molecule has 0 aliphatic rings. The van der Waals surface area contributed by atoms with Crippen LogP contribution in [0.25, 0.3) is 0 Å². The summed E-state index contributed by atoms with van der Waals surface area (Å²) >= 11 is 0. The molecule has 1 heterocycles. The third kappa shape index (κ3) is 3.48. The number of para-hydroxylation sites is 2. The van der Waals surface area contributed by atoms with E-state index in [1.54, 1.807) is 18.2 Å². The van der Waals surface area contributed by atoms with Gasteiger partial charge in [0.05, 0.1) is 17.6 Å². The van der Waals surface area contributed by atoms with Crippen LogP contribution in [0.2, 0.25) is 0 Å². The SMILES string of the molecule is CS(=O)(=O)Nc1ccccc1NC(=O)c1nn[nH]n1. The van der Waals surface area contributed by atoms with Crippen LogP contribution in [-0.2, 0) is 10.0 Å². The minimum atomic E-state index is -3.44. The van der Waals surface area contributed by atoms with Gasteiger partial charge in [0.2, 0.25) is 10.0 Å². The maximum atomic E-state index is 11.7. The first-order chi connectivity index (χ1) is 8.96. The van der Waals surface area contributed by atoms with Gasteiger partial charge in [-0.25, -0.2) is 8.42 Å². The van der Waals surface area contributed by atoms with E-state index >= 15 is 0 Å². The van der Waals surface area contributed by atoms with Crippen LogP contribution in [0.15, 0.2) is 24.3 Å². The first-order valence-corrected chi connectivity index (χ1v) is 6.96. The van der Waals surface area contributed by atoms with Gasteiger partial charge in [-0.1, -0.05) is 12.1 Å². The zero-order valence-electron chi connectivity index (χ0n) is 9.78. The molecule has 0 fully saturated rings. The van der Waals surface area contributed by atoms with Crippen LogP contribution in [0.3, 0.4) is 0 Å². The molecule has 100 valence electrons. The third-order valence-electron chi connectivity index (χ3n) is 2.02. The topological polar surface area (TPSA) is 130 Å². The van der Waals surface area contributed by atoms with Gasteiger partial charge in [-0.2, -0.15) is 5.21 Å². The van der Waals surface area contributed by atoms with Crippen molar-refractivity contribution in [3.8, 4) is 0 Å². The zero-order chi connectivity index (χ0) is 13.9. The molecule has 2 rings (SSSR count). The Kier molecular flexibility index (Phi) is 3.42. The van der Waals surface area contributed by atoms with E-state index in [-0.39, 0.29) is 11.5 Å². The third-order valence-corrected chi connectivity index (χ3v) is 2.61. The summed E-state index contributed by atoms with van der Waals surface area (Å²) < 4.78 is 24.7. The Morgan fingerprint density at radius 3 is 2.53 bits per heavy atom. The molecule has 19 heavy (non-hydrogen) atoms. The number of H-pyrrole nitrogens is 1. The molecule has 0 spiro atoms. The molecule has 10 heteroatoms. The molecule has 2 aromatic rings. The van der Waals surface area contributed by atoms with Crippen LogP contribution in [0.5, 0.6) is 0 Å². The lowest BCUT2D eigenvalue weighted by atomic mass is 10.2. The lowest BCUT2D eigenvalue weighted by molar-refractivity contribution is 0.101. The Balaban J connectivity index is 2.23. The molecule has 9 nitrogen and oxygen atoms in total. The number of carbonyl (C=O) groups is 1. The molecule has 0 atom stereocenters. The molecule has 0 aliphatic heterocycles. The molecular weight excluding hydrogens is 272 g/mol. The molecule has 3 N–H and O–H groups in total. The smallest absolute Gasteiger partial charge is 0.297 e. The summed E-state index contributed by atoms with van der Waals surface area (Å²) in [5, 5.41) is 14.9. The molecule has 0 radical (unpaired) electrons. The lowest BCUT2D eigenvalue weighted by Crippen LogP contribution is -2.17. The van der Waals surface area contributed by atoms with Crippen molar-refractivity contribution in [3.63, 3.8) is 0 Å². The van der Waals surface area contributed by atoms with Crippen molar-refractivity contribution in [1.82, 2.24) is 20.6 Å². The second-order valence-corrected chi connectivity index (χ2v) is 5.36. The molecule has 0 saturated heterocycles. The summed E-state index contributed by atoms with van der Waals surface area (Å²) in [5.41, 5.74) is 0.546. The number of aromatic amines is 1. The summed E-state index contributed by atoms with van der Waals surface area (Å²) in [5.74, 6) is -0.745. The lowest BCUT2D eigenvalue weighted by Gasteiger charge is -2.10. The van der Waals surface area contributed by atoms with Crippen molar-refractivity contribution >= 4 is 27.3 Å². The summed E-state index contributed by atoms with van der Waals surface area (Å²) in [6, 6.07) is 6.36. The fourth-order valence-electron chi connectivity index (χ4n) is 1.32. The first kappa shape index (κ1) is 13.0. The van der Waals surface area contributed by atoms with E-state index in [0.717, 1.165) is 6.26 Å². The highest BCUT2D eigenvalue weighted by molar-refractivity contribution is 7.92. The number of rotatable bonds is 4. The largest absolute Gasteiger partial charge is 0.317 e. The van der Waals surface area contributed by atoms with E-state index in [0.29, 0.717) is 5.69 Å². The minimum Gasteiger partial charge on any atom is -0.317 e. The first-order valence-electron chi connectivity index (χ1n) is 5.07. The minimum absolute atomic E-state index is 0.144. The van der Waals surface area contributed by atoms with Crippen LogP contribution in [0.4, 0.5) is 11.4 Å². The predicted octanol–water partition coefficient (Wildman–Crippen LogP) is -0.177. The fourth-order valence-corrected chi connectivity index (χ4v) is 1.89. The summed E-state index contributed by atoms with van der Waals surface area (Å²) in [6.07, 6.45) is 1.02. The number of nitrogens with one attached hydrogen (secondary N) is 3. The number of amides is 1. The number of carbonyl (C=O) groups excluding carboxylic acids is 1. The van der Waals surface area contributed by atoms with E-state index < -0.39 is 15.9 Å². The highest BCUT2D eigenvalue weighted by Gasteiger charge is 2.14. The van der Waals surface area contributed by atoms with Crippen LogP contribution >= 0.6 is 0 Å². The number of hydrogen-bond donors (Lipinski definition) is 3. The average Bonchev–Trinajstić information content (AvgIpc) is 2.83. The van der Waals surface area contributed by atoms with E-state index in [1.807, 2.05) is 0 Å². The second kappa shape index (κ2) is 5.02. The van der Waals surface area contributed by atoms with Gasteiger partial charge < -0.3 is 5.32 Å². The molecule has 0 unspecified atom stereocenters. The van der Waals surface area contributed by atoms with Gasteiger partial charge in [-0.3, -0.25) is 9.52 Å². The maximum Gasteiger partial charge on any atom is 0.297 e. The number of aromatic nitrogens is 4. The van der Waals surface area contributed by atoms with Gasteiger partial charge in [0.25, 0.3) is 11.7 Å². The van der Waals surface area contributed by atoms with Crippen molar-refractivity contribution in [2.75, 3.05) is 16.3 Å². The van der Waals surface area contributed by atoms with Crippen LogP contribution in [-0.4, -0.2) is 41.2 Å². The molecule has 0 aliphatic carbocycles. The zero-order valence-corrected chi connectivity index (χ0v) is 10.6. The van der Waals surface area contributed by atoms with Crippen molar-refractivity contribution in [2.24, 2.45) is 0 Å². The van der Waals surface area contributed by atoms with Crippen LogP contribution in [0, 0.1) is 0 Å². The molecular formula is C9H10N6O3S. The Morgan fingerprint density at radius 2 is 1.95 bits per heavy atom. The maximum absolute atomic E-state index is 11.7. The van der Waals surface area contributed by atoms with Crippen LogP contribution in [0.1, 0.15) is 10.6 Å². The number of hydrogen-bond acceptors (Lipinski definition) is 6. The molecule has 1 aromatic heterocycles. The number of nitrogens with zero attached hydrogens (tertiary/aromatic N) is 3. The van der Waals surface area contributed by atoms with Crippen molar-refractivity contribution in [2.45, 2.75) is 0 Å². The number of benzene rings is 1. The summed E-state index contributed by atoms with van der Waals surface area (Å²) in [6.45, 7) is 0. The van der Waals surface area contributed by atoms with Gasteiger partial charge >= 0.3 is 0 Å². The Labute approximate surface area is 108 Å². The van der Waals surface area contributed by atoms with Gasteiger partial charge in [-0.05, 0) is 17.3 Å². The second-order valence-electron chi connectivity index (χ2n) is 3.61. The monoisotopic (exact) mass is 282 g/mol. The standard InChI is InChI=1S/C9H10N6O3S/c1-19(17,18)13-7-5-3-2-4-6(7)10-9(16)8-11-14-15-12-8/h2-5,13H,1H3,(H,10,16)(H,11,12,14,15). The highest BCUT2D eigenvalue weighted by Crippen LogP contribution is 2.22. The molecule has 1 amide bonds. The van der Waals surface area contributed by atoms with Crippen LogP contribution < -0.4 is 10.0 Å². The van der Waals surface area contributed by atoms with Gasteiger partial charge in [-0.15, -0.1) is 10.2 Å². The Morgan fingerprint density at radius 1 is 1.26 bits per heavy atom. The summed E-state index contributed by atoms with van der Waals surface area (Å²) in [4.78, 5) is 11.7. The molecule has 0 saturated carbocycles. The number of sulfonamides is 1. The average molecular weight is 282 g/mol. The van der Waals surface area contributed by atoms with E-state index in [2.05, 4.69) is 30.7 Å². The van der Waals surface area contributed by atoms with Gasteiger partial charge in [0.1, 0.15) is 0 Å². The molecule has 0 bridgehead atoms.